The van der Waals surface area contributed by atoms with Gasteiger partial charge in [-0.15, -0.1) is 11.3 Å². The van der Waals surface area contributed by atoms with Gasteiger partial charge in [0.05, 0.1) is 23.0 Å². The van der Waals surface area contributed by atoms with Gasteiger partial charge >= 0.3 is 6.18 Å². The molecule has 0 saturated carbocycles. The minimum Gasteiger partial charge on any atom is -0.324 e. The number of fused-ring (bicyclic) bond motifs is 2. The van der Waals surface area contributed by atoms with Crippen molar-refractivity contribution in [3.8, 4) is 11.1 Å². The van der Waals surface area contributed by atoms with Gasteiger partial charge in [-0.1, -0.05) is 48.5 Å². The van der Waals surface area contributed by atoms with E-state index in [4.69, 9.17) is 0 Å². The zero-order valence-electron chi connectivity index (χ0n) is 17.5. The Labute approximate surface area is 195 Å². The van der Waals surface area contributed by atoms with Crippen molar-refractivity contribution in [3.05, 3.63) is 94.4 Å². The van der Waals surface area contributed by atoms with Crippen LogP contribution in [0.3, 0.4) is 0 Å². The normalized spacial score (nSPS) is 11.7. The summed E-state index contributed by atoms with van der Waals surface area (Å²) >= 11 is 1.31. The first kappa shape index (κ1) is 21.8. The van der Waals surface area contributed by atoms with E-state index in [1.807, 2.05) is 47.8 Å². The second-order valence-corrected chi connectivity index (χ2v) is 8.52. The van der Waals surface area contributed by atoms with Crippen LogP contribution in [0.25, 0.3) is 32.1 Å². The van der Waals surface area contributed by atoms with Crippen molar-refractivity contribution in [2.24, 2.45) is 0 Å². The number of rotatable bonds is 4. The molecule has 1 N–H and O–H groups in total. The van der Waals surface area contributed by atoms with Crippen molar-refractivity contribution in [1.29, 1.82) is 0 Å². The van der Waals surface area contributed by atoms with E-state index < -0.39 is 29.8 Å². The third kappa shape index (κ3) is 4.06. The minimum atomic E-state index is -4.62. The number of anilines is 1. The molecule has 0 bridgehead atoms. The molecule has 5 aromatic rings. The predicted molar refractivity (Wildman–Crippen MR) is 127 cm³/mol. The summed E-state index contributed by atoms with van der Waals surface area (Å²) in [6.07, 6.45) is -3.38. The largest absolute Gasteiger partial charge is 0.418 e. The maximum absolute atomic E-state index is 13.2. The average Bonchev–Trinajstić information content (AvgIpc) is 3.25. The van der Waals surface area contributed by atoms with Gasteiger partial charge in [-0.2, -0.15) is 13.2 Å². The number of benzene rings is 3. The lowest BCUT2D eigenvalue weighted by molar-refractivity contribution is -0.137. The Balaban J connectivity index is 1.48. The summed E-state index contributed by atoms with van der Waals surface area (Å²) in [5, 5.41) is 6.55. The third-order valence-corrected chi connectivity index (χ3v) is 6.33. The van der Waals surface area contributed by atoms with Crippen LogP contribution >= 0.6 is 11.3 Å². The van der Waals surface area contributed by atoms with E-state index in [-0.39, 0.29) is 5.69 Å². The molecule has 0 aliphatic heterocycles. The highest BCUT2D eigenvalue weighted by molar-refractivity contribution is 7.17. The third-order valence-electron chi connectivity index (χ3n) is 5.44. The number of halogens is 3. The van der Waals surface area contributed by atoms with Crippen LogP contribution in [0.5, 0.6) is 0 Å². The number of nitrogens with zero attached hydrogens (tertiary/aromatic N) is 2. The van der Waals surface area contributed by atoms with Crippen molar-refractivity contribution in [1.82, 2.24) is 9.55 Å². The Morgan fingerprint density at radius 3 is 2.53 bits per heavy atom. The molecule has 0 spiro atoms. The van der Waals surface area contributed by atoms with Crippen LogP contribution in [0.2, 0.25) is 0 Å². The molecule has 0 unspecified atom stereocenters. The molecule has 0 saturated heterocycles. The van der Waals surface area contributed by atoms with Gasteiger partial charge in [-0.3, -0.25) is 14.2 Å². The fourth-order valence-corrected chi connectivity index (χ4v) is 4.74. The van der Waals surface area contributed by atoms with E-state index >= 15 is 0 Å². The van der Waals surface area contributed by atoms with Crippen LogP contribution in [0, 0.1) is 0 Å². The lowest BCUT2D eigenvalue weighted by atomic mass is 10.0. The molecule has 5 rings (SSSR count). The van der Waals surface area contributed by atoms with Crippen molar-refractivity contribution in [2.75, 3.05) is 5.32 Å². The van der Waals surface area contributed by atoms with Gasteiger partial charge in [-0.05, 0) is 34.5 Å². The van der Waals surface area contributed by atoms with Crippen molar-refractivity contribution in [3.63, 3.8) is 0 Å². The van der Waals surface area contributed by atoms with Gasteiger partial charge < -0.3 is 5.32 Å². The van der Waals surface area contributed by atoms with Crippen LogP contribution in [0.4, 0.5) is 18.9 Å². The Kier molecular flexibility index (Phi) is 5.41. The van der Waals surface area contributed by atoms with Gasteiger partial charge in [0.25, 0.3) is 5.56 Å². The second kappa shape index (κ2) is 8.42. The van der Waals surface area contributed by atoms with Crippen LogP contribution in [-0.2, 0) is 17.5 Å². The van der Waals surface area contributed by atoms with Gasteiger partial charge in [-0.25, -0.2) is 4.98 Å². The lowest BCUT2D eigenvalue weighted by Crippen LogP contribution is -2.28. The topological polar surface area (TPSA) is 64.0 Å². The Morgan fingerprint density at radius 2 is 1.74 bits per heavy atom. The van der Waals surface area contributed by atoms with E-state index in [9.17, 15) is 22.8 Å². The molecule has 0 aliphatic carbocycles. The van der Waals surface area contributed by atoms with E-state index in [1.54, 1.807) is 0 Å². The molecule has 0 aliphatic rings. The molecule has 5 nitrogen and oxygen atoms in total. The summed E-state index contributed by atoms with van der Waals surface area (Å²) in [4.78, 5) is 30.6. The molecular formula is C25H16F3N3O2S. The first-order valence-electron chi connectivity index (χ1n) is 10.2. The molecular weight excluding hydrogens is 463 g/mol. The highest BCUT2D eigenvalue weighted by atomic mass is 32.1. The maximum atomic E-state index is 13.2. The van der Waals surface area contributed by atoms with Crippen LogP contribution in [0.15, 0.2) is 83.2 Å². The van der Waals surface area contributed by atoms with Crippen LogP contribution in [-0.4, -0.2) is 15.5 Å². The Bertz CT molecular complexity index is 1600. The van der Waals surface area contributed by atoms with Crippen LogP contribution in [0.1, 0.15) is 5.56 Å². The SMILES string of the molecule is O=C(Cn1cnc2scc(-c3ccc4ccccc4c3)c2c1=O)Nc1ccccc1C(F)(F)F. The predicted octanol–water partition coefficient (Wildman–Crippen LogP) is 5.94. The maximum Gasteiger partial charge on any atom is 0.418 e. The molecule has 3 aromatic carbocycles. The smallest absolute Gasteiger partial charge is 0.324 e. The summed E-state index contributed by atoms with van der Waals surface area (Å²) in [5.74, 6) is -0.762. The van der Waals surface area contributed by atoms with Gasteiger partial charge in [0.15, 0.2) is 0 Å². The number of hydrogen-bond acceptors (Lipinski definition) is 4. The number of amides is 1. The average molecular weight is 479 g/mol. The molecule has 34 heavy (non-hydrogen) atoms. The van der Waals surface area contributed by atoms with Crippen molar-refractivity contribution >= 4 is 43.9 Å². The number of carbonyl (C=O) groups excluding carboxylic acids is 1. The number of alkyl halides is 3. The number of para-hydroxylation sites is 1. The summed E-state index contributed by atoms with van der Waals surface area (Å²) in [6.45, 7) is -0.471. The second-order valence-electron chi connectivity index (χ2n) is 7.66. The minimum absolute atomic E-state index is 0.366. The standard InChI is InChI=1S/C25H16F3N3O2S/c26-25(27,28)19-7-3-4-8-20(19)30-21(32)12-31-14-29-23-22(24(31)33)18(13-34-23)17-10-9-15-5-1-2-6-16(15)11-17/h1-11,13-14H,12H2,(H,30,32). The number of thiophene rings is 1. The highest BCUT2D eigenvalue weighted by Crippen LogP contribution is 2.35. The first-order chi connectivity index (χ1) is 16.3. The van der Waals surface area contributed by atoms with E-state index in [2.05, 4.69) is 10.3 Å². The quantitative estimate of drug-likeness (QED) is 0.347. The molecule has 2 heterocycles. The first-order valence-corrected chi connectivity index (χ1v) is 11.1. The van der Waals surface area contributed by atoms with Gasteiger partial charge in [0.1, 0.15) is 11.4 Å². The van der Waals surface area contributed by atoms with Crippen molar-refractivity contribution < 1.29 is 18.0 Å². The van der Waals surface area contributed by atoms with Crippen LogP contribution < -0.4 is 10.9 Å². The van der Waals surface area contributed by atoms with E-state index in [0.717, 1.165) is 27.0 Å². The summed E-state index contributed by atoms with van der Waals surface area (Å²) in [6, 6.07) is 18.4. The molecule has 0 radical (unpaired) electrons. The number of hydrogen-bond donors (Lipinski definition) is 1. The fraction of sp³-hybridized carbons (Fsp3) is 0.0800. The molecule has 1 amide bonds. The van der Waals surface area contributed by atoms with E-state index in [1.165, 1.54) is 35.9 Å². The number of nitrogens with one attached hydrogen (secondary N) is 1. The number of carbonyl (C=O) groups is 1. The molecule has 0 atom stereocenters. The number of aromatic nitrogens is 2. The summed E-state index contributed by atoms with van der Waals surface area (Å²) in [7, 11) is 0. The Morgan fingerprint density at radius 1 is 1.00 bits per heavy atom. The zero-order chi connectivity index (χ0) is 23.9. The zero-order valence-corrected chi connectivity index (χ0v) is 18.3. The fourth-order valence-electron chi connectivity index (χ4n) is 3.83. The Hall–Kier alpha value is -3.98. The molecule has 9 heteroatoms. The van der Waals surface area contributed by atoms with Gasteiger partial charge in [0, 0.05) is 10.9 Å². The van der Waals surface area contributed by atoms with Gasteiger partial charge in [0.2, 0.25) is 5.91 Å². The highest BCUT2D eigenvalue weighted by Gasteiger charge is 2.33. The molecule has 2 aromatic heterocycles. The molecule has 0 fully saturated rings. The molecule has 170 valence electrons. The lowest BCUT2D eigenvalue weighted by Gasteiger charge is -2.14. The van der Waals surface area contributed by atoms with E-state index in [0.29, 0.717) is 15.8 Å². The summed E-state index contributed by atoms with van der Waals surface area (Å²) < 4.78 is 40.8. The summed E-state index contributed by atoms with van der Waals surface area (Å²) in [5.41, 5.74) is -0.227. The monoisotopic (exact) mass is 479 g/mol. The van der Waals surface area contributed by atoms with Crippen molar-refractivity contribution in [2.45, 2.75) is 12.7 Å².